The maximum Gasteiger partial charge on any atom is 0.306 e. The molecule has 0 saturated carbocycles. The summed E-state index contributed by atoms with van der Waals surface area (Å²) in [5.74, 6) is -3.39. The number of aliphatic hydroxyl groups is 1. The van der Waals surface area contributed by atoms with Gasteiger partial charge in [-0.1, -0.05) is 0 Å². The molecule has 0 aromatic heterocycles. The molecule has 0 atom stereocenters. The van der Waals surface area contributed by atoms with Gasteiger partial charge in [0.25, 0.3) is 0 Å². The first-order valence-electron chi connectivity index (χ1n) is 13.3. The quantitative estimate of drug-likeness (QED) is 0.0937. The number of esters is 5. The van der Waals surface area contributed by atoms with E-state index in [1.165, 1.54) is 0 Å². The van der Waals surface area contributed by atoms with Gasteiger partial charge < -0.3 is 33.9 Å². The molecule has 0 aliphatic heterocycles. The summed E-state index contributed by atoms with van der Waals surface area (Å²) >= 11 is 0. The smallest absolute Gasteiger partial charge is 0.306 e. The van der Waals surface area contributed by atoms with Gasteiger partial charge in [-0.3, -0.25) is 28.8 Å². The van der Waals surface area contributed by atoms with Gasteiger partial charge in [-0.2, -0.15) is 0 Å². The van der Waals surface area contributed by atoms with Gasteiger partial charge in [0, 0.05) is 19.4 Å². The second-order valence-electron chi connectivity index (χ2n) is 8.55. The molecule has 13 heteroatoms. The summed E-state index contributed by atoms with van der Waals surface area (Å²) in [7, 11) is 0. The number of carbonyl (C=O) groups is 6. The number of aliphatic hydroxyl groups excluding tert-OH is 1. The van der Waals surface area contributed by atoms with Gasteiger partial charge in [0.05, 0.1) is 58.7 Å². The Labute approximate surface area is 228 Å². The third kappa shape index (κ3) is 26.2. The summed E-state index contributed by atoms with van der Waals surface area (Å²) in [4.78, 5) is 68.3. The van der Waals surface area contributed by atoms with Crippen molar-refractivity contribution < 1.29 is 62.7 Å². The Balaban J connectivity index is 3.56. The largest absolute Gasteiger partial charge is 0.481 e. The number of aliphatic carboxylic acids is 1. The maximum absolute atomic E-state index is 11.7. The lowest BCUT2D eigenvalue weighted by Crippen LogP contribution is -2.13. The maximum atomic E-state index is 11.7. The van der Waals surface area contributed by atoms with Crippen LogP contribution in [0.5, 0.6) is 0 Å². The SMILES string of the molecule is O=C(O)CCCCC(=O)OCCCCOC(=O)CCC(=O)OCCCCOC(=O)CCC(=O)OCCCCO. The predicted molar refractivity (Wildman–Crippen MR) is 134 cm³/mol. The molecule has 0 saturated heterocycles. The molecular formula is C26H42O13. The van der Waals surface area contributed by atoms with Crippen molar-refractivity contribution in [3.8, 4) is 0 Å². The van der Waals surface area contributed by atoms with Crippen LogP contribution < -0.4 is 0 Å². The molecule has 0 heterocycles. The van der Waals surface area contributed by atoms with Gasteiger partial charge in [0.1, 0.15) is 0 Å². The highest BCUT2D eigenvalue weighted by atomic mass is 16.6. The summed E-state index contributed by atoms with van der Waals surface area (Å²) in [6.07, 6.45) is 3.68. The van der Waals surface area contributed by atoms with E-state index in [4.69, 9.17) is 33.9 Å². The van der Waals surface area contributed by atoms with Crippen LogP contribution in [-0.2, 0) is 52.5 Å². The standard InChI is InChI=1S/C26H42O13/c27-15-3-4-16-36-23(31)11-12-24(32)38-19-7-8-20-39-26(34)14-13-25(33)37-18-6-5-17-35-22(30)10-2-1-9-21(28)29/h27H,1-20H2,(H,28,29). The van der Waals surface area contributed by atoms with E-state index in [9.17, 15) is 28.8 Å². The summed E-state index contributed by atoms with van der Waals surface area (Å²) in [6, 6.07) is 0. The molecule has 0 fully saturated rings. The van der Waals surface area contributed by atoms with Crippen molar-refractivity contribution in [3.63, 3.8) is 0 Å². The minimum Gasteiger partial charge on any atom is -0.481 e. The van der Waals surface area contributed by atoms with Crippen molar-refractivity contribution in [2.45, 2.75) is 89.9 Å². The first kappa shape index (κ1) is 35.8. The summed E-state index contributed by atoms with van der Waals surface area (Å²) in [5, 5.41) is 17.2. The highest BCUT2D eigenvalue weighted by Crippen LogP contribution is 2.04. The average Bonchev–Trinajstić information content (AvgIpc) is 2.90. The van der Waals surface area contributed by atoms with Crippen molar-refractivity contribution in [2.24, 2.45) is 0 Å². The minimum absolute atomic E-state index is 0.0206. The molecule has 0 amide bonds. The Kier molecular flexibility index (Phi) is 23.0. The van der Waals surface area contributed by atoms with Crippen LogP contribution in [0.3, 0.4) is 0 Å². The van der Waals surface area contributed by atoms with Gasteiger partial charge >= 0.3 is 35.8 Å². The van der Waals surface area contributed by atoms with Crippen LogP contribution in [0.4, 0.5) is 0 Å². The number of unbranched alkanes of at least 4 members (excludes halogenated alkanes) is 4. The van der Waals surface area contributed by atoms with Crippen molar-refractivity contribution in [3.05, 3.63) is 0 Å². The molecule has 224 valence electrons. The van der Waals surface area contributed by atoms with Crippen LogP contribution in [0, 0.1) is 0 Å². The van der Waals surface area contributed by atoms with Crippen LogP contribution in [0.15, 0.2) is 0 Å². The zero-order chi connectivity index (χ0) is 29.1. The number of rotatable bonds is 25. The third-order valence-corrected chi connectivity index (χ3v) is 5.03. The molecule has 0 aromatic carbocycles. The van der Waals surface area contributed by atoms with Crippen LogP contribution >= 0.6 is 0 Å². The van der Waals surface area contributed by atoms with Gasteiger partial charge in [-0.25, -0.2) is 0 Å². The summed E-state index contributed by atoms with van der Waals surface area (Å²) in [6.45, 7) is 0.793. The molecule has 0 aliphatic rings. The monoisotopic (exact) mass is 562 g/mol. The van der Waals surface area contributed by atoms with Crippen LogP contribution in [0.25, 0.3) is 0 Å². The Hall–Kier alpha value is -3.22. The minimum atomic E-state index is -0.898. The van der Waals surface area contributed by atoms with Crippen LogP contribution in [0.1, 0.15) is 89.9 Å². The lowest BCUT2D eigenvalue weighted by molar-refractivity contribution is -0.151. The van der Waals surface area contributed by atoms with Crippen LogP contribution in [-0.4, -0.2) is 85.7 Å². The van der Waals surface area contributed by atoms with E-state index in [2.05, 4.69) is 0 Å². The number of hydrogen-bond donors (Lipinski definition) is 2. The first-order chi connectivity index (χ1) is 18.7. The normalized spacial score (nSPS) is 10.4. The average molecular weight is 563 g/mol. The topological polar surface area (TPSA) is 189 Å². The van der Waals surface area contributed by atoms with E-state index in [1.807, 2.05) is 0 Å². The highest BCUT2D eigenvalue weighted by Gasteiger charge is 2.11. The second-order valence-corrected chi connectivity index (χ2v) is 8.55. The van der Waals surface area contributed by atoms with E-state index in [-0.39, 0.29) is 78.2 Å². The van der Waals surface area contributed by atoms with E-state index in [1.54, 1.807) is 0 Å². The summed E-state index contributed by atoms with van der Waals surface area (Å²) in [5.41, 5.74) is 0. The van der Waals surface area contributed by atoms with Gasteiger partial charge in [0.15, 0.2) is 0 Å². The van der Waals surface area contributed by atoms with Crippen LogP contribution in [0.2, 0.25) is 0 Å². The number of carboxylic acids is 1. The van der Waals surface area contributed by atoms with E-state index >= 15 is 0 Å². The van der Waals surface area contributed by atoms with Crippen molar-refractivity contribution in [1.29, 1.82) is 0 Å². The van der Waals surface area contributed by atoms with Crippen molar-refractivity contribution >= 4 is 35.8 Å². The Bertz CT molecular complexity index is 735. The molecule has 0 bridgehead atoms. The molecule has 0 aromatic rings. The van der Waals surface area contributed by atoms with Gasteiger partial charge in [-0.15, -0.1) is 0 Å². The van der Waals surface area contributed by atoms with Gasteiger partial charge in [-0.05, 0) is 51.4 Å². The number of carboxylic acid groups (broad SMARTS) is 1. The lowest BCUT2D eigenvalue weighted by atomic mass is 10.2. The van der Waals surface area contributed by atoms with E-state index < -0.39 is 35.8 Å². The highest BCUT2D eigenvalue weighted by molar-refractivity contribution is 5.78. The predicted octanol–water partition coefficient (Wildman–Crippen LogP) is 2.24. The van der Waals surface area contributed by atoms with Crippen molar-refractivity contribution in [2.75, 3.05) is 39.6 Å². The number of carbonyl (C=O) groups excluding carboxylic acids is 5. The summed E-state index contributed by atoms with van der Waals surface area (Å²) < 4.78 is 24.9. The number of hydrogen-bond acceptors (Lipinski definition) is 12. The molecular weight excluding hydrogens is 520 g/mol. The molecule has 2 N–H and O–H groups in total. The fourth-order valence-corrected chi connectivity index (χ4v) is 2.87. The Morgan fingerprint density at radius 2 is 0.667 bits per heavy atom. The first-order valence-corrected chi connectivity index (χ1v) is 13.3. The molecule has 0 radical (unpaired) electrons. The van der Waals surface area contributed by atoms with E-state index in [0.29, 0.717) is 51.4 Å². The molecule has 0 rings (SSSR count). The zero-order valence-corrected chi connectivity index (χ0v) is 22.5. The Morgan fingerprint density at radius 1 is 0.385 bits per heavy atom. The van der Waals surface area contributed by atoms with Crippen molar-refractivity contribution in [1.82, 2.24) is 0 Å². The molecule has 0 spiro atoms. The fraction of sp³-hybridized carbons (Fsp3) is 0.769. The number of ether oxygens (including phenoxy) is 5. The van der Waals surface area contributed by atoms with E-state index in [0.717, 1.165) is 0 Å². The fourth-order valence-electron chi connectivity index (χ4n) is 2.87. The van der Waals surface area contributed by atoms with Gasteiger partial charge in [0.2, 0.25) is 0 Å². The molecule has 39 heavy (non-hydrogen) atoms. The molecule has 13 nitrogen and oxygen atoms in total. The molecule has 0 unspecified atom stereocenters. The Morgan fingerprint density at radius 3 is 0.974 bits per heavy atom. The molecule has 0 aliphatic carbocycles. The third-order valence-electron chi connectivity index (χ3n) is 5.03. The zero-order valence-electron chi connectivity index (χ0n) is 22.5. The lowest BCUT2D eigenvalue weighted by Gasteiger charge is -2.07. The second kappa shape index (κ2) is 25.1.